The first-order valence-electron chi connectivity index (χ1n) is 3.42. The molecule has 0 fully saturated rings. The molecule has 0 aliphatic rings. The fraction of sp³-hybridized carbons (Fsp3) is 0.250. The molecule has 0 atom stereocenters. The smallest absolute Gasteiger partial charge is 0.335 e. The van der Waals surface area contributed by atoms with Crippen molar-refractivity contribution < 1.29 is 19.8 Å². The summed E-state index contributed by atoms with van der Waals surface area (Å²) in [4.78, 5) is 20.5. The lowest BCUT2D eigenvalue weighted by Crippen LogP contribution is -2.01. The Kier molecular flexibility index (Phi) is 4.45. The summed E-state index contributed by atoms with van der Waals surface area (Å²) in [7, 11) is 0. The van der Waals surface area contributed by atoms with Crippen LogP contribution in [0.2, 0.25) is 0 Å². The lowest BCUT2D eigenvalue weighted by atomic mass is 10.2. The minimum atomic E-state index is -1.26. The summed E-state index contributed by atoms with van der Waals surface area (Å²) in [5, 5.41) is 16.7. The molecule has 4 heteroatoms. The van der Waals surface area contributed by atoms with Gasteiger partial charge in [0.1, 0.15) is 0 Å². The van der Waals surface area contributed by atoms with Crippen LogP contribution in [0.5, 0.6) is 0 Å². The largest absolute Gasteiger partial charge is 0.478 e. The van der Waals surface area contributed by atoms with Gasteiger partial charge in [0.25, 0.3) is 0 Å². The number of carboxylic acid groups (broad SMARTS) is 2. The average molecular weight is 170 g/mol. The molecule has 0 unspecified atom stereocenters. The standard InChI is InChI=1S/C8H10O4/c1-2-3-4-6(8(11)12)5-7(9)10/h3-5H,2H2,1H3,(H,9,10)(H,11,12)/b4-3?,6-5-. The molecule has 0 aliphatic heterocycles. The van der Waals surface area contributed by atoms with Gasteiger partial charge in [-0.25, -0.2) is 9.59 Å². The Labute approximate surface area is 69.8 Å². The Hall–Kier alpha value is -1.58. The van der Waals surface area contributed by atoms with Gasteiger partial charge in [0.2, 0.25) is 0 Å². The second-order valence-corrected chi connectivity index (χ2v) is 2.05. The lowest BCUT2D eigenvalue weighted by Gasteiger charge is -1.90. The molecule has 4 nitrogen and oxygen atoms in total. The van der Waals surface area contributed by atoms with Gasteiger partial charge in [-0.15, -0.1) is 0 Å². The highest BCUT2D eigenvalue weighted by molar-refractivity contribution is 5.96. The molecule has 0 aromatic heterocycles. The third-order valence-corrected chi connectivity index (χ3v) is 1.06. The van der Waals surface area contributed by atoms with Crippen molar-refractivity contribution in [1.29, 1.82) is 0 Å². The highest BCUT2D eigenvalue weighted by atomic mass is 16.4. The van der Waals surface area contributed by atoms with Crippen molar-refractivity contribution in [2.75, 3.05) is 0 Å². The zero-order valence-electron chi connectivity index (χ0n) is 6.65. The van der Waals surface area contributed by atoms with Crippen LogP contribution in [-0.2, 0) is 9.59 Å². The van der Waals surface area contributed by atoms with E-state index in [0.29, 0.717) is 12.5 Å². The minimum absolute atomic E-state index is 0.218. The molecule has 0 aromatic rings. The normalized spacial score (nSPS) is 11.9. The molecule has 0 amide bonds. The SMILES string of the molecule is CCC=C/C(=C/C(=O)O)C(=O)O. The lowest BCUT2D eigenvalue weighted by molar-refractivity contribution is -0.134. The highest BCUT2D eigenvalue weighted by Gasteiger charge is 2.04. The van der Waals surface area contributed by atoms with E-state index in [2.05, 4.69) is 0 Å². The second-order valence-electron chi connectivity index (χ2n) is 2.05. The van der Waals surface area contributed by atoms with Gasteiger partial charge >= 0.3 is 11.9 Å². The molecule has 2 N–H and O–H groups in total. The van der Waals surface area contributed by atoms with Crippen LogP contribution in [0.15, 0.2) is 23.8 Å². The number of carboxylic acids is 2. The topological polar surface area (TPSA) is 74.6 Å². The fourth-order valence-corrected chi connectivity index (χ4v) is 0.559. The zero-order chi connectivity index (χ0) is 9.56. The Morgan fingerprint density at radius 3 is 2.25 bits per heavy atom. The molecule has 66 valence electrons. The van der Waals surface area contributed by atoms with E-state index < -0.39 is 11.9 Å². The number of hydrogen-bond acceptors (Lipinski definition) is 2. The molecule has 0 radical (unpaired) electrons. The van der Waals surface area contributed by atoms with Gasteiger partial charge < -0.3 is 10.2 Å². The zero-order valence-corrected chi connectivity index (χ0v) is 6.65. The summed E-state index contributed by atoms with van der Waals surface area (Å²) in [5.74, 6) is -2.49. The van der Waals surface area contributed by atoms with Crippen LogP contribution in [0.1, 0.15) is 13.3 Å². The maximum Gasteiger partial charge on any atom is 0.335 e. The predicted molar refractivity (Wildman–Crippen MR) is 42.8 cm³/mol. The van der Waals surface area contributed by atoms with E-state index >= 15 is 0 Å². The summed E-state index contributed by atoms with van der Waals surface area (Å²) < 4.78 is 0. The van der Waals surface area contributed by atoms with Crippen molar-refractivity contribution in [1.82, 2.24) is 0 Å². The van der Waals surface area contributed by atoms with E-state index in [1.807, 2.05) is 6.92 Å². The van der Waals surface area contributed by atoms with Crippen LogP contribution in [0.25, 0.3) is 0 Å². The molecule has 0 aromatic carbocycles. The van der Waals surface area contributed by atoms with E-state index in [-0.39, 0.29) is 5.57 Å². The van der Waals surface area contributed by atoms with Gasteiger partial charge in [-0.3, -0.25) is 0 Å². The minimum Gasteiger partial charge on any atom is -0.478 e. The third-order valence-electron chi connectivity index (χ3n) is 1.06. The summed E-state index contributed by atoms with van der Waals surface area (Å²) in [6.07, 6.45) is 4.19. The van der Waals surface area contributed by atoms with Gasteiger partial charge in [-0.2, -0.15) is 0 Å². The van der Waals surface area contributed by atoms with Crippen LogP contribution in [-0.4, -0.2) is 22.2 Å². The maximum absolute atomic E-state index is 10.4. The van der Waals surface area contributed by atoms with Crippen LogP contribution in [0.3, 0.4) is 0 Å². The molecule has 0 saturated heterocycles. The van der Waals surface area contributed by atoms with Crippen LogP contribution in [0, 0.1) is 0 Å². The first kappa shape index (κ1) is 10.4. The van der Waals surface area contributed by atoms with E-state index in [9.17, 15) is 9.59 Å². The molecule has 0 bridgehead atoms. The maximum atomic E-state index is 10.4. The first-order valence-corrected chi connectivity index (χ1v) is 3.42. The van der Waals surface area contributed by atoms with Crippen molar-refractivity contribution in [3.05, 3.63) is 23.8 Å². The van der Waals surface area contributed by atoms with E-state index in [1.165, 1.54) is 6.08 Å². The number of allylic oxidation sites excluding steroid dienone is 1. The Morgan fingerprint density at radius 2 is 1.92 bits per heavy atom. The van der Waals surface area contributed by atoms with Crippen LogP contribution >= 0.6 is 0 Å². The quantitative estimate of drug-likeness (QED) is 0.488. The molecule has 0 rings (SSSR count). The molecule has 0 saturated carbocycles. The fourth-order valence-electron chi connectivity index (χ4n) is 0.559. The van der Waals surface area contributed by atoms with Gasteiger partial charge in [-0.1, -0.05) is 19.1 Å². The summed E-state index contributed by atoms with van der Waals surface area (Å²) >= 11 is 0. The molecule has 0 heterocycles. The van der Waals surface area contributed by atoms with Gasteiger partial charge in [0, 0.05) is 6.08 Å². The number of carbonyl (C=O) groups is 2. The number of aliphatic carboxylic acids is 2. The average Bonchev–Trinajstić information content (AvgIpc) is 1.96. The molecular weight excluding hydrogens is 160 g/mol. The van der Waals surface area contributed by atoms with E-state index in [0.717, 1.165) is 0 Å². The van der Waals surface area contributed by atoms with E-state index in [1.54, 1.807) is 6.08 Å². The van der Waals surface area contributed by atoms with Crippen molar-refractivity contribution in [3.63, 3.8) is 0 Å². The van der Waals surface area contributed by atoms with Crippen LogP contribution < -0.4 is 0 Å². The third kappa shape index (κ3) is 4.27. The molecule has 12 heavy (non-hydrogen) atoms. The molecule has 0 aliphatic carbocycles. The molecular formula is C8H10O4. The Bertz CT molecular complexity index is 237. The first-order chi connectivity index (χ1) is 5.57. The van der Waals surface area contributed by atoms with Gasteiger partial charge in [-0.05, 0) is 6.42 Å². The van der Waals surface area contributed by atoms with Crippen molar-refractivity contribution in [2.24, 2.45) is 0 Å². The summed E-state index contributed by atoms with van der Waals surface area (Å²) in [6, 6.07) is 0. The van der Waals surface area contributed by atoms with Crippen LogP contribution in [0.4, 0.5) is 0 Å². The molecule has 0 spiro atoms. The monoisotopic (exact) mass is 170 g/mol. The number of hydrogen-bond donors (Lipinski definition) is 2. The predicted octanol–water partition coefficient (Wildman–Crippen LogP) is 1.05. The summed E-state index contributed by atoms with van der Waals surface area (Å²) in [5.41, 5.74) is -0.218. The van der Waals surface area contributed by atoms with Crippen molar-refractivity contribution in [2.45, 2.75) is 13.3 Å². The summed E-state index contributed by atoms with van der Waals surface area (Å²) in [6.45, 7) is 1.83. The van der Waals surface area contributed by atoms with Gasteiger partial charge in [0.15, 0.2) is 0 Å². The number of rotatable bonds is 4. The Morgan fingerprint density at radius 1 is 1.33 bits per heavy atom. The van der Waals surface area contributed by atoms with Crippen molar-refractivity contribution in [3.8, 4) is 0 Å². The highest BCUT2D eigenvalue weighted by Crippen LogP contribution is 1.98. The van der Waals surface area contributed by atoms with Gasteiger partial charge in [0.05, 0.1) is 5.57 Å². The van der Waals surface area contributed by atoms with E-state index in [4.69, 9.17) is 10.2 Å². The second kappa shape index (κ2) is 5.12. The Balaban J connectivity index is 4.55. The van der Waals surface area contributed by atoms with Crippen molar-refractivity contribution >= 4 is 11.9 Å².